The largest absolute Gasteiger partial charge is 0.391 e. The predicted octanol–water partition coefficient (Wildman–Crippen LogP) is 0.568. The zero-order valence-electron chi connectivity index (χ0n) is 13.4. The van der Waals surface area contributed by atoms with Gasteiger partial charge in [-0.15, -0.1) is 0 Å². The fraction of sp³-hybridized carbons (Fsp3) is 0.438. The van der Waals surface area contributed by atoms with Crippen LogP contribution in [0.1, 0.15) is 30.0 Å². The van der Waals surface area contributed by atoms with Crippen LogP contribution in [0.15, 0.2) is 29.5 Å². The summed E-state index contributed by atoms with van der Waals surface area (Å²) < 4.78 is 3.17. The number of nitrogens with zero attached hydrogens (tertiary/aromatic N) is 4. The third-order valence-electron chi connectivity index (χ3n) is 4.38. The second kappa shape index (κ2) is 5.66. The molecule has 1 amide bonds. The topological polar surface area (TPSA) is 80.4 Å². The van der Waals surface area contributed by atoms with Gasteiger partial charge in [0.1, 0.15) is 11.4 Å². The van der Waals surface area contributed by atoms with Gasteiger partial charge in [-0.25, -0.2) is 4.98 Å². The minimum Gasteiger partial charge on any atom is -0.391 e. The molecule has 0 fully saturated rings. The number of aliphatic hydroxyl groups is 1. The summed E-state index contributed by atoms with van der Waals surface area (Å²) in [5.74, 6) is -0.227. The lowest BCUT2D eigenvalue weighted by Gasteiger charge is -2.35. The van der Waals surface area contributed by atoms with E-state index < -0.39 is 6.10 Å². The van der Waals surface area contributed by atoms with E-state index in [4.69, 9.17) is 0 Å². The molecule has 0 spiro atoms. The SMILES string of the molecule is Cc1cn(-c2ccc3n(c2=O)CCN([C@@H](C)[C@@H](C)O)C3=O)cn1. The Labute approximate surface area is 133 Å². The van der Waals surface area contributed by atoms with Gasteiger partial charge < -0.3 is 19.1 Å². The van der Waals surface area contributed by atoms with Crippen LogP contribution in [0.4, 0.5) is 0 Å². The van der Waals surface area contributed by atoms with E-state index in [1.165, 1.54) is 4.57 Å². The number of imidazole rings is 1. The minimum absolute atomic E-state index is 0.211. The van der Waals surface area contributed by atoms with Crippen LogP contribution in [0.3, 0.4) is 0 Å². The van der Waals surface area contributed by atoms with Crippen molar-refractivity contribution in [1.82, 2.24) is 19.0 Å². The standard InChI is InChI=1S/C16H20N4O3/c1-10-8-18(9-17-10)13-4-5-14-16(23)19(11(2)12(3)21)6-7-20(14)15(13)22/h4-5,8-9,11-12,21H,6-7H2,1-3H3/t11-,12+/m0/s1. The van der Waals surface area contributed by atoms with Gasteiger partial charge in [0.05, 0.1) is 24.2 Å². The number of hydrogen-bond donors (Lipinski definition) is 1. The maximum absolute atomic E-state index is 12.7. The molecule has 122 valence electrons. The van der Waals surface area contributed by atoms with E-state index in [1.54, 1.807) is 48.0 Å². The van der Waals surface area contributed by atoms with Crippen LogP contribution >= 0.6 is 0 Å². The number of carbonyl (C=O) groups excluding carboxylic acids is 1. The zero-order chi connectivity index (χ0) is 16.7. The van der Waals surface area contributed by atoms with Crippen LogP contribution in [0.25, 0.3) is 5.69 Å². The summed E-state index contributed by atoms with van der Waals surface area (Å²) in [6.07, 6.45) is 2.74. The number of aryl methyl sites for hydroxylation is 1. The number of amides is 1. The Balaban J connectivity index is 2.02. The van der Waals surface area contributed by atoms with Gasteiger partial charge in [0.15, 0.2) is 0 Å². The molecule has 0 aromatic carbocycles. The Morgan fingerprint density at radius 1 is 1.22 bits per heavy atom. The van der Waals surface area contributed by atoms with Crippen LogP contribution in [0.2, 0.25) is 0 Å². The maximum atomic E-state index is 12.7. The van der Waals surface area contributed by atoms with E-state index >= 15 is 0 Å². The van der Waals surface area contributed by atoms with Gasteiger partial charge >= 0.3 is 0 Å². The monoisotopic (exact) mass is 316 g/mol. The van der Waals surface area contributed by atoms with Crippen molar-refractivity contribution >= 4 is 5.91 Å². The second-order valence-corrected chi connectivity index (χ2v) is 5.96. The molecule has 2 atom stereocenters. The highest BCUT2D eigenvalue weighted by molar-refractivity contribution is 5.93. The second-order valence-electron chi connectivity index (χ2n) is 5.96. The lowest BCUT2D eigenvalue weighted by Crippen LogP contribution is -2.51. The molecule has 1 aliphatic heterocycles. The number of aliphatic hydroxyl groups excluding tert-OH is 1. The van der Waals surface area contributed by atoms with Crippen molar-refractivity contribution in [3.8, 4) is 5.69 Å². The fourth-order valence-electron chi connectivity index (χ4n) is 2.83. The highest BCUT2D eigenvalue weighted by atomic mass is 16.3. The van der Waals surface area contributed by atoms with Crippen molar-refractivity contribution in [3.63, 3.8) is 0 Å². The highest BCUT2D eigenvalue weighted by Crippen LogP contribution is 2.16. The fourth-order valence-corrected chi connectivity index (χ4v) is 2.83. The van der Waals surface area contributed by atoms with Gasteiger partial charge in [0, 0.05) is 19.3 Å². The summed E-state index contributed by atoms with van der Waals surface area (Å²) in [4.78, 5) is 31.0. The quantitative estimate of drug-likeness (QED) is 0.897. The van der Waals surface area contributed by atoms with Crippen molar-refractivity contribution in [1.29, 1.82) is 0 Å². The van der Waals surface area contributed by atoms with E-state index in [-0.39, 0.29) is 17.5 Å². The van der Waals surface area contributed by atoms with Crippen LogP contribution < -0.4 is 5.56 Å². The van der Waals surface area contributed by atoms with Gasteiger partial charge in [-0.3, -0.25) is 9.59 Å². The third-order valence-corrected chi connectivity index (χ3v) is 4.38. The average Bonchev–Trinajstić information content (AvgIpc) is 2.94. The van der Waals surface area contributed by atoms with Crippen molar-refractivity contribution in [3.05, 3.63) is 46.4 Å². The summed E-state index contributed by atoms with van der Waals surface area (Å²) in [5, 5.41) is 9.72. The van der Waals surface area contributed by atoms with Crippen molar-refractivity contribution in [2.45, 2.75) is 39.5 Å². The maximum Gasteiger partial charge on any atom is 0.275 e. The molecule has 0 aliphatic carbocycles. The summed E-state index contributed by atoms with van der Waals surface area (Å²) in [6, 6.07) is 3.02. The van der Waals surface area contributed by atoms with E-state index in [2.05, 4.69) is 4.98 Å². The molecule has 3 rings (SSSR count). The van der Waals surface area contributed by atoms with Gasteiger partial charge in [-0.2, -0.15) is 0 Å². The molecule has 7 nitrogen and oxygen atoms in total. The van der Waals surface area contributed by atoms with E-state index in [9.17, 15) is 14.7 Å². The Bertz CT molecular complexity index is 806. The van der Waals surface area contributed by atoms with E-state index in [0.717, 1.165) is 5.69 Å². The number of aromatic nitrogens is 3. The van der Waals surface area contributed by atoms with E-state index in [0.29, 0.717) is 24.5 Å². The first-order valence-electron chi connectivity index (χ1n) is 7.64. The number of carbonyl (C=O) groups is 1. The third kappa shape index (κ3) is 2.57. The molecule has 0 unspecified atom stereocenters. The van der Waals surface area contributed by atoms with Crippen molar-refractivity contribution in [2.75, 3.05) is 6.54 Å². The number of rotatable bonds is 3. The minimum atomic E-state index is -0.620. The summed E-state index contributed by atoms with van der Waals surface area (Å²) in [5.41, 5.74) is 1.44. The summed E-state index contributed by atoms with van der Waals surface area (Å²) in [7, 11) is 0. The lowest BCUT2D eigenvalue weighted by molar-refractivity contribution is 0.0390. The molecule has 23 heavy (non-hydrogen) atoms. The van der Waals surface area contributed by atoms with Gasteiger partial charge in [-0.1, -0.05) is 0 Å². The number of fused-ring (bicyclic) bond motifs is 1. The molecule has 7 heteroatoms. The molecule has 0 bridgehead atoms. The van der Waals surface area contributed by atoms with Crippen LogP contribution in [-0.4, -0.2) is 48.7 Å². The molecule has 0 saturated carbocycles. The Kier molecular flexibility index (Phi) is 3.81. The predicted molar refractivity (Wildman–Crippen MR) is 84.7 cm³/mol. The van der Waals surface area contributed by atoms with Gasteiger partial charge in [0.2, 0.25) is 0 Å². The Morgan fingerprint density at radius 2 is 1.96 bits per heavy atom. The summed E-state index contributed by atoms with van der Waals surface area (Å²) >= 11 is 0. The molecule has 3 heterocycles. The summed E-state index contributed by atoms with van der Waals surface area (Å²) in [6.45, 7) is 6.14. The Morgan fingerprint density at radius 3 is 2.57 bits per heavy atom. The molecule has 2 aromatic rings. The zero-order valence-corrected chi connectivity index (χ0v) is 13.4. The first-order chi connectivity index (χ1) is 10.9. The number of pyridine rings is 1. The van der Waals surface area contributed by atoms with Gasteiger partial charge in [-0.05, 0) is 32.9 Å². The van der Waals surface area contributed by atoms with Gasteiger partial charge in [0.25, 0.3) is 11.5 Å². The molecule has 0 saturated heterocycles. The molecule has 2 aromatic heterocycles. The van der Waals surface area contributed by atoms with Crippen LogP contribution in [0.5, 0.6) is 0 Å². The molecule has 1 aliphatic rings. The highest BCUT2D eigenvalue weighted by Gasteiger charge is 2.30. The normalized spacial score (nSPS) is 17.0. The number of hydrogen-bond acceptors (Lipinski definition) is 4. The van der Waals surface area contributed by atoms with Crippen LogP contribution in [0, 0.1) is 6.92 Å². The van der Waals surface area contributed by atoms with Crippen molar-refractivity contribution < 1.29 is 9.90 Å². The molecule has 1 N–H and O–H groups in total. The average molecular weight is 316 g/mol. The first-order valence-corrected chi connectivity index (χ1v) is 7.64. The smallest absolute Gasteiger partial charge is 0.275 e. The van der Waals surface area contributed by atoms with Crippen LogP contribution in [-0.2, 0) is 6.54 Å². The Hall–Kier alpha value is -2.41. The van der Waals surface area contributed by atoms with E-state index in [1.807, 2.05) is 6.92 Å². The lowest BCUT2D eigenvalue weighted by atomic mass is 10.1. The first kappa shape index (κ1) is 15.5. The molecular weight excluding hydrogens is 296 g/mol. The van der Waals surface area contributed by atoms with Crippen molar-refractivity contribution in [2.24, 2.45) is 0 Å². The molecule has 0 radical (unpaired) electrons. The molecular formula is C16H20N4O3.